The van der Waals surface area contributed by atoms with Crippen LogP contribution in [0.2, 0.25) is 0 Å². The average Bonchev–Trinajstić information content (AvgIpc) is 3.03. The molecule has 24 heavy (non-hydrogen) atoms. The van der Waals surface area contributed by atoms with Crippen LogP contribution < -0.4 is 0 Å². The fraction of sp³-hybridized carbons (Fsp3) is 0.471. The molecular weight excluding hydrogens is 309 g/mol. The van der Waals surface area contributed by atoms with E-state index in [1.807, 2.05) is 6.92 Å². The van der Waals surface area contributed by atoms with Crippen LogP contribution in [0.1, 0.15) is 35.8 Å². The molecule has 1 atom stereocenters. The van der Waals surface area contributed by atoms with Crippen LogP contribution >= 0.6 is 0 Å². The molecule has 1 aliphatic rings. The van der Waals surface area contributed by atoms with Gasteiger partial charge in [-0.1, -0.05) is 5.16 Å². The zero-order chi connectivity index (χ0) is 17.1. The molecule has 0 bridgehead atoms. The number of benzene rings is 1. The molecule has 7 heteroatoms. The fourth-order valence-electron chi connectivity index (χ4n) is 2.95. The predicted molar refractivity (Wildman–Crippen MR) is 85.4 cm³/mol. The Morgan fingerprint density at radius 3 is 2.71 bits per heavy atom. The zero-order valence-electron chi connectivity index (χ0n) is 13.9. The lowest BCUT2D eigenvalue weighted by Gasteiger charge is -2.36. The standard InChI is InChI=1S/C17H20FN5O/c1-12(17-20-13(2)21-24-17)23-7-5-22(6-8-23)11-15-9-14(10-19)3-4-16(15)18/h3-4,9,12H,5-8,11H2,1-2H3/t12-/m0/s1. The van der Waals surface area contributed by atoms with E-state index < -0.39 is 0 Å². The second-order valence-corrected chi connectivity index (χ2v) is 6.09. The molecule has 3 rings (SSSR count). The summed E-state index contributed by atoms with van der Waals surface area (Å²) < 4.78 is 19.2. The number of rotatable bonds is 4. The first-order valence-corrected chi connectivity index (χ1v) is 8.02. The molecule has 0 amide bonds. The van der Waals surface area contributed by atoms with Gasteiger partial charge in [-0.2, -0.15) is 10.2 Å². The normalized spacial score (nSPS) is 17.6. The van der Waals surface area contributed by atoms with E-state index in [1.54, 1.807) is 6.07 Å². The van der Waals surface area contributed by atoms with Gasteiger partial charge in [0.1, 0.15) is 5.82 Å². The summed E-state index contributed by atoms with van der Waals surface area (Å²) in [5, 5.41) is 12.8. The summed E-state index contributed by atoms with van der Waals surface area (Å²) in [6.07, 6.45) is 0. The molecule has 0 radical (unpaired) electrons. The molecule has 0 N–H and O–H groups in total. The molecule has 0 unspecified atom stereocenters. The molecule has 1 aromatic carbocycles. The predicted octanol–water partition coefficient (Wildman–Crippen LogP) is 2.27. The Morgan fingerprint density at radius 1 is 1.33 bits per heavy atom. The van der Waals surface area contributed by atoms with Crippen molar-refractivity contribution in [3.63, 3.8) is 0 Å². The number of nitrogens with zero attached hydrogens (tertiary/aromatic N) is 5. The summed E-state index contributed by atoms with van der Waals surface area (Å²) in [5.74, 6) is 1.02. The van der Waals surface area contributed by atoms with Crippen molar-refractivity contribution in [1.29, 1.82) is 5.26 Å². The van der Waals surface area contributed by atoms with Gasteiger partial charge in [0, 0.05) is 38.3 Å². The molecule has 0 saturated carbocycles. The first-order chi connectivity index (χ1) is 11.6. The van der Waals surface area contributed by atoms with E-state index in [0.717, 1.165) is 26.2 Å². The van der Waals surface area contributed by atoms with E-state index in [0.29, 0.717) is 29.4 Å². The zero-order valence-corrected chi connectivity index (χ0v) is 13.9. The molecule has 126 valence electrons. The van der Waals surface area contributed by atoms with Crippen LogP contribution in [0.4, 0.5) is 4.39 Å². The number of piperazine rings is 1. The number of aryl methyl sites for hydroxylation is 1. The van der Waals surface area contributed by atoms with Crippen molar-refractivity contribution in [1.82, 2.24) is 19.9 Å². The van der Waals surface area contributed by atoms with Crippen LogP contribution in [0.15, 0.2) is 22.7 Å². The third-order valence-electron chi connectivity index (χ3n) is 4.42. The van der Waals surface area contributed by atoms with Gasteiger partial charge in [-0.15, -0.1) is 0 Å². The SMILES string of the molecule is Cc1noc([C@H](C)N2CCN(Cc3cc(C#N)ccc3F)CC2)n1. The van der Waals surface area contributed by atoms with Gasteiger partial charge in [0.05, 0.1) is 17.7 Å². The first-order valence-electron chi connectivity index (χ1n) is 8.02. The minimum Gasteiger partial charge on any atom is -0.338 e. The molecule has 1 saturated heterocycles. The fourth-order valence-corrected chi connectivity index (χ4v) is 2.95. The van der Waals surface area contributed by atoms with Gasteiger partial charge in [-0.05, 0) is 32.0 Å². The van der Waals surface area contributed by atoms with Crippen LogP contribution in [0.3, 0.4) is 0 Å². The second kappa shape index (κ2) is 7.07. The highest BCUT2D eigenvalue weighted by Crippen LogP contribution is 2.21. The first kappa shape index (κ1) is 16.6. The molecule has 1 aliphatic heterocycles. The molecule has 2 heterocycles. The lowest BCUT2D eigenvalue weighted by molar-refractivity contribution is 0.0839. The Kier molecular flexibility index (Phi) is 4.88. The Balaban J connectivity index is 1.58. The van der Waals surface area contributed by atoms with E-state index in [4.69, 9.17) is 9.78 Å². The van der Waals surface area contributed by atoms with Crippen LogP contribution in [0.5, 0.6) is 0 Å². The molecule has 0 spiro atoms. The monoisotopic (exact) mass is 329 g/mol. The highest BCUT2D eigenvalue weighted by molar-refractivity contribution is 5.33. The third-order valence-corrected chi connectivity index (χ3v) is 4.42. The smallest absolute Gasteiger partial charge is 0.243 e. The molecule has 2 aromatic rings. The van der Waals surface area contributed by atoms with E-state index in [-0.39, 0.29) is 11.9 Å². The van der Waals surface area contributed by atoms with E-state index in [1.165, 1.54) is 12.1 Å². The lowest BCUT2D eigenvalue weighted by atomic mass is 10.1. The minimum atomic E-state index is -0.258. The molecule has 1 aromatic heterocycles. The topological polar surface area (TPSA) is 69.2 Å². The maximum atomic E-state index is 13.9. The van der Waals surface area contributed by atoms with Crippen molar-refractivity contribution in [2.24, 2.45) is 0 Å². The Morgan fingerprint density at radius 2 is 2.08 bits per heavy atom. The molecule has 1 fully saturated rings. The largest absolute Gasteiger partial charge is 0.338 e. The van der Waals surface area contributed by atoms with Crippen molar-refractivity contribution < 1.29 is 8.91 Å². The Hall–Kier alpha value is -2.30. The van der Waals surface area contributed by atoms with Crippen molar-refractivity contribution in [2.75, 3.05) is 26.2 Å². The highest BCUT2D eigenvalue weighted by atomic mass is 19.1. The summed E-state index contributed by atoms with van der Waals surface area (Å²) in [7, 11) is 0. The number of hydrogen-bond donors (Lipinski definition) is 0. The maximum absolute atomic E-state index is 13.9. The van der Waals surface area contributed by atoms with Gasteiger partial charge >= 0.3 is 0 Å². The second-order valence-electron chi connectivity index (χ2n) is 6.09. The summed E-state index contributed by atoms with van der Waals surface area (Å²) in [6, 6.07) is 6.63. The summed E-state index contributed by atoms with van der Waals surface area (Å²) >= 11 is 0. The minimum absolute atomic E-state index is 0.0759. The van der Waals surface area contributed by atoms with Gasteiger partial charge in [0.15, 0.2) is 5.82 Å². The van der Waals surface area contributed by atoms with Crippen molar-refractivity contribution >= 4 is 0 Å². The van der Waals surface area contributed by atoms with Crippen molar-refractivity contribution in [2.45, 2.75) is 26.4 Å². The van der Waals surface area contributed by atoms with E-state index >= 15 is 0 Å². The van der Waals surface area contributed by atoms with Crippen LogP contribution in [0.25, 0.3) is 0 Å². The van der Waals surface area contributed by atoms with Gasteiger partial charge in [-0.25, -0.2) is 4.39 Å². The van der Waals surface area contributed by atoms with E-state index in [9.17, 15) is 4.39 Å². The van der Waals surface area contributed by atoms with Crippen LogP contribution in [-0.4, -0.2) is 46.1 Å². The van der Waals surface area contributed by atoms with Gasteiger partial charge in [0.25, 0.3) is 0 Å². The Bertz CT molecular complexity index is 746. The van der Waals surface area contributed by atoms with Crippen LogP contribution in [0, 0.1) is 24.1 Å². The highest BCUT2D eigenvalue weighted by Gasteiger charge is 2.25. The van der Waals surface area contributed by atoms with E-state index in [2.05, 4.69) is 32.9 Å². The third kappa shape index (κ3) is 3.61. The lowest BCUT2D eigenvalue weighted by Crippen LogP contribution is -2.46. The quantitative estimate of drug-likeness (QED) is 0.857. The molecular formula is C17H20FN5O. The van der Waals surface area contributed by atoms with Gasteiger partial charge < -0.3 is 4.52 Å². The van der Waals surface area contributed by atoms with Gasteiger partial charge in [-0.3, -0.25) is 9.80 Å². The number of nitriles is 1. The maximum Gasteiger partial charge on any atom is 0.243 e. The summed E-state index contributed by atoms with van der Waals surface area (Å²) in [6.45, 7) is 7.73. The number of aromatic nitrogens is 2. The van der Waals surface area contributed by atoms with Crippen molar-refractivity contribution in [3.8, 4) is 6.07 Å². The van der Waals surface area contributed by atoms with Crippen LogP contribution in [-0.2, 0) is 6.54 Å². The summed E-state index contributed by atoms with van der Waals surface area (Å²) in [4.78, 5) is 8.77. The summed E-state index contributed by atoms with van der Waals surface area (Å²) in [5.41, 5.74) is 1.06. The molecule has 0 aliphatic carbocycles. The molecule has 6 nitrogen and oxygen atoms in total. The van der Waals surface area contributed by atoms with Crippen molar-refractivity contribution in [3.05, 3.63) is 46.9 Å². The number of halogens is 1. The number of hydrogen-bond acceptors (Lipinski definition) is 6. The Labute approximate surface area is 140 Å². The van der Waals surface area contributed by atoms with Gasteiger partial charge in [0.2, 0.25) is 5.89 Å². The average molecular weight is 329 g/mol.